The van der Waals surface area contributed by atoms with Crippen LogP contribution in [0.5, 0.6) is 0 Å². The molecule has 1 heterocycles. The van der Waals surface area contributed by atoms with Crippen LogP contribution in [0.3, 0.4) is 0 Å². The van der Waals surface area contributed by atoms with E-state index in [2.05, 4.69) is 4.98 Å². The van der Waals surface area contributed by atoms with Crippen LogP contribution in [0.4, 0.5) is 4.39 Å². The van der Waals surface area contributed by atoms with E-state index in [1.165, 1.54) is 6.07 Å². The Morgan fingerprint density at radius 3 is 2.75 bits per heavy atom. The Kier molecular flexibility index (Phi) is 3.13. The molecule has 0 amide bonds. The molecule has 1 atom stereocenters. The minimum absolute atomic E-state index is 0.0278. The van der Waals surface area contributed by atoms with Gasteiger partial charge in [-0.3, -0.25) is 9.78 Å². The minimum Gasteiger partial charge on any atom is -0.294 e. The van der Waals surface area contributed by atoms with E-state index >= 15 is 0 Å². The number of halogens is 1. The van der Waals surface area contributed by atoms with Gasteiger partial charge in [-0.25, -0.2) is 4.39 Å². The topological polar surface area (TPSA) is 30.0 Å². The Labute approximate surface area is 117 Å². The highest BCUT2D eigenvalue weighted by molar-refractivity contribution is 6.00. The van der Waals surface area contributed by atoms with Crippen molar-refractivity contribution in [2.45, 2.75) is 32.6 Å². The van der Waals surface area contributed by atoms with Crippen molar-refractivity contribution in [1.29, 1.82) is 0 Å². The van der Waals surface area contributed by atoms with Crippen molar-refractivity contribution >= 4 is 5.78 Å². The first kappa shape index (κ1) is 13.0. The largest absolute Gasteiger partial charge is 0.294 e. The molecular formula is C17H16FNO. The minimum atomic E-state index is -0.249. The average Bonchev–Trinajstić information content (AvgIpc) is 2.41. The smallest absolute Gasteiger partial charge is 0.165 e. The summed E-state index contributed by atoms with van der Waals surface area (Å²) in [4.78, 5) is 16.7. The van der Waals surface area contributed by atoms with E-state index in [0.29, 0.717) is 12.8 Å². The predicted molar refractivity (Wildman–Crippen MR) is 75.5 cm³/mol. The van der Waals surface area contributed by atoms with Gasteiger partial charge in [-0.05, 0) is 61.1 Å². The van der Waals surface area contributed by atoms with Gasteiger partial charge >= 0.3 is 0 Å². The van der Waals surface area contributed by atoms with Gasteiger partial charge in [0.05, 0.1) is 5.69 Å². The Hall–Kier alpha value is -2.03. The summed E-state index contributed by atoms with van der Waals surface area (Å²) in [6.45, 7) is 3.89. The zero-order valence-corrected chi connectivity index (χ0v) is 11.6. The molecule has 20 heavy (non-hydrogen) atoms. The van der Waals surface area contributed by atoms with Crippen molar-refractivity contribution in [2.24, 2.45) is 0 Å². The van der Waals surface area contributed by atoms with Gasteiger partial charge in [0, 0.05) is 18.2 Å². The summed E-state index contributed by atoms with van der Waals surface area (Å²) in [5.41, 5.74) is 4.54. The van der Waals surface area contributed by atoms with Gasteiger partial charge in [-0.1, -0.05) is 6.07 Å². The van der Waals surface area contributed by atoms with Crippen LogP contribution in [0.15, 0.2) is 30.5 Å². The number of hydrogen-bond acceptors (Lipinski definition) is 2. The molecule has 3 heteroatoms. The molecule has 0 saturated heterocycles. The molecule has 2 nitrogen and oxygen atoms in total. The van der Waals surface area contributed by atoms with Crippen LogP contribution in [-0.4, -0.2) is 10.8 Å². The third kappa shape index (κ3) is 2.13. The van der Waals surface area contributed by atoms with E-state index in [4.69, 9.17) is 0 Å². The maximum Gasteiger partial charge on any atom is 0.165 e. The fourth-order valence-electron chi connectivity index (χ4n) is 3.05. The lowest BCUT2D eigenvalue weighted by atomic mass is 9.79. The van der Waals surface area contributed by atoms with E-state index in [1.807, 2.05) is 19.9 Å². The number of nitrogens with zero attached hydrogens (tertiary/aromatic N) is 1. The number of fused-ring (bicyclic) bond motifs is 1. The van der Waals surface area contributed by atoms with Crippen molar-refractivity contribution in [1.82, 2.24) is 4.98 Å². The number of carbonyl (C=O) groups is 1. The van der Waals surface area contributed by atoms with Crippen LogP contribution in [0.25, 0.3) is 0 Å². The molecule has 0 saturated carbocycles. The number of aryl methyl sites for hydroxylation is 2. The molecule has 1 aromatic carbocycles. The summed E-state index contributed by atoms with van der Waals surface area (Å²) in [6, 6.07) is 6.65. The van der Waals surface area contributed by atoms with Gasteiger partial charge in [0.2, 0.25) is 0 Å². The van der Waals surface area contributed by atoms with E-state index in [1.54, 1.807) is 18.3 Å². The fourth-order valence-corrected chi connectivity index (χ4v) is 3.05. The number of carbonyl (C=O) groups excluding carboxylic acids is 1. The number of pyridine rings is 1. The molecule has 1 aromatic heterocycles. The maximum absolute atomic E-state index is 13.5. The number of benzene rings is 1. The monoisotopic (exact) mass is 269 g/mol. The number of Topliss-reactive ketones (excluding diaryl/α,β-unsaturated/α-hetero) is 1. The molecule has 1 aliphatic rings. The first-order chi connectivity index (χ1) is 9.56. The number of hydrogen-bond donors (Lipinski definition) is 0. The third-order valence-electron chi connectivity index (χ3n) is 4.07. The molecule has 1 unspecified atom stereocenters. The van der Waals surface area contributed by atoms with E-state index in [-0.39, 0.29) is 17.5 Å². The van der Waals surface area contributed by atoms with E-state index in [0.717, 1.165) is 27.9 Å². The van der Waals surface area contributed by atoms with Crippen LogP contribution in [0.2, 0.25) is 0 Å². The Balaban J connectivity index is 2.04. The molecule has 3 rings (SSSR count). The van der Waals surface area contributed by atoms with Crippen LogP contribution in [0.1, 0.15) is 45.1 Å². The van der Waals surface area contributed by atoms with Crippen LogP contribution < -0.4 is 0 Å². The van der Waals surface area contributed by atoms with Crippen molar-refractivity contribution in [2.75, 3.05) is 0 Å². The second-order valence-corrected chi connectivity index (χ2v) is 5.48. The first-order valence-corrected chi connectivity index (χ1v) is 6.80. The highest BCUT2D eigenvalue weighted by atomic mass is 19.1. The number of aromatic nitrogens is 1. The molecule has 2 aromatic rings. The quantitative estimate of drug-likeness (QED) is 0.789. The van der Waals surface area contributed by atoms with Crippen LogP contribution in [0, 0.1) is 19.7 Å². The summed E-state index contributed by atoms with van der Waals surface area (Å²) >= 11 is 0. The molecule has 102 valence electrons. The highest BCUT2D eigenvalue weighted by Gasteiger charge is 2.29. The first-order valence-electron chi connectivity index (χ1n) is 6.80. The third-order valence-corrected chi connectivity index (χ3v) is 4.07. The Morgan fingerprint density at radius 2 is 1.95 bits per heavy atom. The SMILES string of the molecule is Cc1ccc(F)cc1C1CC(=O)c2c(C)ccnc2C1. The second kappa shape index (κ2) is 4.82. The molecule has 1 aliphatic carbocycles. The average molecular weight is 269 g/mol. The molecule has 0 spiro atoms. The summed E-state index contributed by atoms with van der Waals surface area (Å²) < 4.78 is 13.5. The highest BCUT2D eigenvalue weighted by Crippen LogP contribution is 2.34. The van der Waals surface area contributed by atoms with Crippen molar-refractivity contribution in [3.8, 4) is 0 Å². The van der Waals surface area contributed by atoms with Gasteiger partial charge < -0.3 is 0 Å². The van der Waals surface area contributed by atoms with Crippen molar-refractivity contribution in [3.05, 3.63) is 64.2 Å². The van der Waals surface area contributed by atoms with Gasteiger partial charge in [0.1, 0.15) is 5.82 Å². The zero-order valence-electron chi connectivity index (χ0n) is 11.6. The standard InChI is InChI=1S/C17H16FNO/c1-10-3-4-13(18)9-14(10)12-7-15-17(16(20)8-12)11(2)5-6-19-15/h3-6,9,12H,7-8H2,1-2H3. The second-order valence-electron chi connectivity index (χ2n) is 5.48. The van der Waals surface area contributed by atoms with Crippen LogP contribution in [-0.2, 0) is 6.42 Å². The lowest BCUT2D eigenvalue weighted by Crippen LogP contribution is -2.21. The van der Waals surface area contributed by atoms with Gasteiger partial charge in [-0.15, -0.1) is 0 Å². The van der Waals surface area contributed by atoms with Gasteiger partial charge in [-0.2, -0.15) is 0 Å². The predicted octanol–water partition coefficient (Wildman–Crippen LogP) is 3.75. The summed E-state index contributed by atoms with van der Waals surface area (Å²) in [5, 5.41) is 0. The van der Waals surface area contributed by atoms with Gasteiger partial charge in [0.15, 0.2) is 5.78 Å². The fraction of sp³-hybridized carbons (Fsp3) is 0.294. The van der Waals surface area contributed by atoms with Crippen LogP contribution >= 0.6 is 0 Å². The molecule has 0 N–H and O–H groups in total. The molecule has 0 radical (unpaired) electrons. The Bertz CT molecular complexity index is 693. The lowest BCUT2D eigenvalue weighted by Gasteiger charge is -2.25. The summed E-state index contributed by atoms with van der Waals surface area (Å²) in [7, 11) is 0. The van der Waals surface area contributed by atoms with Crippen molar-refractivity contribution < 1.29 is 9.18 Å². The number of ketones is 1. The van der Waals surface area contributed by atoms with Crippen molar-refractivity contribution in [3.63, 3.8) is 0 Å². The normalized spacial score (nSPS) is 17.9. The molecule has 0 aliphatic heterocycles. The summed E-state index contributed by atoms with van der Waals surface area (Å²) in [6.07, 6.45) is 2.87. The number of rotatable bonds is 1. The van der Waals surface area contributed by atoms with E-state index in [9.17, 15) is 9.18 Å². The lowest BCUT2D eigenvalue weighted by molar-refractivity contribution is 0.0962. The molecular weight excluding hydrogens is 253 g/mol. The zero-order chi connectivity index (χ0) is 14.3. The molecule has 0 bridgehead atoms. The van der Waals surface area contributed by atoms with Gasteiger partial charge in [0.25, 0.3) is 0 Å². The maximum atomic E-state index is 13.5. The van der Waals surface area contributed by atoms with E-state index < -0.39 is 0 Å². The molecule has 0 fully saturated rings. The Morgan fingerprint density at radius 1 is 1.15 bits per heavy atom. The summed E-state index contributed by atoms with van der Waals surface area (Å²) in [5.74, 6) is -0.105.